The van der Waals surface area contributed by atoms with Gasteiger partial charge in [-0.15, -0.1) is 0 Å². The van der Waals surface area contributed by atoms with Crippen LogP contribution in [0.4, 0.5) is 5.69 Å². The highest BCUT2D eigenvalue weighted by molar-refractivity contribution is 5.62. The summed E-state index contributed by atoms with van der Waals surface area (Å²) < 4.78 is 0. The van der Waals surface area contributed by atoms with Gasteiger partial charge >= 0.3 is 0 Å². The van der Waals surface area contributed by atoms with Crippen molar-refractivity contribution in [3.05, 3.63) is 29.3 Å². The van der Waals surface area contributed by atoms with Crippen LogP contribution in [-0.4, -0.2) is 17.8 Å². The Hall–Kier alpha value is -1.53. The number of aliphatic hydroxyl groups is 1. The molecule has 0 heterocycles. The Kier molecular flexibility index (Phi) is 3.65. The molecule has 0 aliphatic heterocycles. The van der Waals surface area contributed by atoms with Crippen LogP contribution in [0.2, 0.25) is 0 Å². The molecule has 3 nitrogen and oxygen atoms in total. The van der Waals surface area contributed by atoms with Gasteiger partial charge in [0.25, 0.3) is 0 Å². The lowest BCUT2D eigenvalue weighted by Gasteiger charge is -2.15. The molecule has 1 aromatic carbocycles. The molecule has 1 aromatic rings. The summed E-state index contributed by atoms with van der Waals surface area (Å²) in [7, 11) is 0. The van der Waals surface area contributed by atoms with E-state index in [1.165, 1.54) is 0 Å². The first kappa shape index (κ1) is 11.9. The zero-order valence-corrected chi connectivity index (χ0v) is 10.1. The third-order valence-electron chi connectivity index (χ3n) is 3.47. The summed E-state index contributed by atoms with van der Waals surface area (Å²) in [6.45, 7) is 2.85. The zero-order chi connectivity index (χ0) is 12.3. The van der Waals surface area contributed by atoms with Gasteiger partial charge in [0.05, 0.1) is 17.4 Å². The molecule has 2 atom stereocenters. The number of anilines is 1. The van der Waals surface area contributed by atoms with Gasteiger partial charge in [-0.25, -0.2) is 0 Å². The van der Waals surface area contributed by atoms with E-state index in [1.54, 1.807) is 0 Å². The van der Waals surface area contributed by atoms with Crippen molar-refractivity contribution in [2.24, 2.45) is 5.92 Å². The van der Waals surface area contributed by atoms with Crippen molar-refractivity contribution in [2.45, 2.75) is 32.3 Å². The number of aryl methyl sites for hydroxylation is 1. The third kappa shape index (κ3) is 2.78. The second-order valence-electron chi connectivity index (χ2n) is 4.82. The Balaban J connectivity index is 2.02. The number of benzene rings is 1. The summed E-state index contributed by atoms with van der Waals surface area (Å²) in [5.41, 5.74) is 2.74. The normalized spacial score (nSPS) is 23.4. The quantitative estimate of drug-likeness (QED) is 0.838. The van der Waals surface area contributed by atoms with Gasteiger partial charge in [-0.1, -0.05) is 12.1 Å². The number of hydrogen-bond donors (Lipinski definition) is 2. The van der Waals surface area contributed by atoms with Gasteiger partial charge < -0.3 is 10.4 Å². The van der Waals surface area contributed by atoms with Crippen molar-refractivity contribution in [3.63, 3.8) is 0 Å². The molecule has 0 bridgehead atoms. The minimum atomic E-state index is -0.130. The molecule has 0 aromatic heterocycles. The standard InChI is InChI=1S/C14H18N2O/c1-10-3-2-4-12(8-15)14(10)16-9-11-5-6-13(17)7-11/h2-4,11,13,16-17H,5-7,9H2,1H3. The third-order valence-corrected chi connectivity index (χ3v) is 3.47. The van der Waals surface area contributed by atoms with Gasteiger partial charge in [-0.05, 0) is 43.7 Å². The van der Waals surface area contributed by atoms with E-state index in [2.05, 4.69) is 11.4 Å². The van der Waals surface area contributed by atoms with Crippen LogP contribution < -0.4 is 5.32 Å². The molecule has 1 aliphatic rings. The first-order valence-corrected chi connectivity index (χ1v) is 6.12. The summed E-state index contributed by atoms with van der Waals surface area (Å²) in [5, 5.41) is 21.9. The maximum Gasteiger partial charge on any atom is 0.101 e. The van der Waals surface area contributed by atoms with E-state index in [9.17, 15) is 5.11 Å². The number of nitrogens with zero attached hydrogens (tertiary/aromatic N) is 1. The van der Waals surface area contributed by atoms with Gasteiger partial charge in [-0.2, -0.15) is 5.26 Å². The van der Waals surface area contributed by atoms with E-state index < -0.39 is 0 Å². The van der Waals surface area contributed by atoms with Crippen LogP contribution in [0.1, 0.15) is 30.4 Å². The largest absolute Gasteiger partial charge is 0.393 e. The number of rotatable bonds is 3. The van der Waals surface area contributed by atoms with Crippen LogP contribution in [-0.2, 0) is 0 Å². The van der Waals surface area contributed by atoms with Crippen molar-refractivity contribution in [2.75, 3.05) is 11.9 Å². The lowest BCUT2D eigenvalue weighted by atomic mass is 10.1. The summed E-state index contributed by atoms with van der Waals surface area (Å²) >= 11 is 0. The lowest BCUT2D eigenvalue weighted by Crippen LogP contribution is -2.14. The first-order chi connectivity index (χ1) is 8.20. The molecular weight excluding hydrogens is 212 g/mol. The Bertz CT molecular complexity index is 436. The van der Waals surface area contributed by atoms with Gasteiger partial charge in [0.1, 0.15) is 6.07 Å². The molecule has 0 radical (unpaired) electrons. The predicted molar refractivity (Wildman–Crippen MR) is 67.7 cm³/mol. The fraction of sp³-hybridized carbons (Fsp3) is 0.500. The van der Waals surface area contributed by atoms with Crippen LogP contribution in [0.25, 0.3) is 0 Å². The summed E-state index contributed by atoms with van der Waals surface area (Å²) in [4.78, 5) is 0. The maximum atomic E-state index is 9.47. The number of para-hydroxylation sites is 1. The van der Waals surface area contributed by atoms with E-state index in [1.807, 2.05) is 25.1 Å². The molecule has 90 valence electrons. The molecule has 2 rings (SSSR count). The molecule has 3 heteroatoms. The van der Waals surface area contributed by atoms with Gasteiger partial charge in [-0.3, -0.25) is 0 Å². The van der Waals surface area contributed by atoms with Gasteiger partial charge in [0.2, 0.25) is 0 Å². The van der Waals surface area contributed by atoms with E-state index in [0.29, 0.717) is 11.5 Å². The van der Waals surface area contributed by atoms with Crippen LogP contribution in [0.3, 0.4) is 0 Å². The highest BCUT2D eigenvalue weighted by Gasteiger charge is 2.22. The van der Waals surface area contributed by atoms with Crippen molar-refractivity contribution in [1.29, 1.82) is 5.26 Å². The molecule has 0 amide bonds. The van der Waals surface area contributed by atoms with E-state index in [0.717, 1.165) is 37.1 Å². The number of nitriles is 1. The van der Waals surface area contributed by atoms with Crippen LogP contribution in [0, 0.1) is 24.2 Å². The van der Waals surface area contributed by atoms with E-state index >= 15 is 0 Å². The zero-order valence-electron chi connectivity index (χ0n) is 10.1. The number of hydrogen-bond acceptors (Lipinski definition) is 3. The Morgan fingerprint density at radius 3 is 2.94 bits per heavy atom. The number of nitrogens with one attached hydrogen (secondary N) is 1. The molecule has 1 aliphatic carbocycles. The summed E-state index contributed by atoms with van der Waals surface area (Å²) in [5.74, 6) is 0.524. The molecule has 17 heavy (non-hydrogen) atoms. The first-order valence-electron chi connectivity index (χ1n) is 6.12. The minimum Gasteiger partial charge on any atom is -0.393 e. The lowest BCUT2D eigenvalue weighted by molar-refractivity contribution is 0.178. The van der Waals surface area contributed by atoms with Crippen LogP contribution >= 0.6 is 0 Å². The fourth-order valence-corrected chi connectivity index (χ4v) is 2.48. The Labute approximate surface area is 102 Å². The van der Waals surface area contributed by atoms with Crippen LogP contribution in [0.5, 0.6) is 0 Å². The second kappa shape index (κ2) is 5.20. The second-order valence-corrected chi connectivity index (χ2v) is 4.82. The maximum absolute atomic E-state index is 9.47. The van der Waals surface area contributed by atoms with Crippen molar-refractivity contribution >= 4 is 5.69 Å². The molecule has 2 N–H and O–H groups in total. The predicted octanol–water partition coefficient (Wildman–Crippen LogP) is 2.44. The Morgan fingerprint density at radius 1 is 1.47 bits per heavy atom. The van der Waals surface area contributed by atoms with Crippen molar-refractivity contribution in [1.82, 2.24) is 0 Å². The van der Waals surface area contributed by atoms with Crippen molar-refractivity contribution < 1.29 is 5.11 Å². The molecule has 1 fully saturated rings. The van der Waals surface area contributed by atoms with E-state index in [-0.39, 0.29) is 6.10 Å². The van der Waals surface area contributed by atoms with Crippen LogP contribution in [0.15, 0.2) is 18.2 Å². The minimum absolute atomic E-state index is 0.130. The van der Waals surface area contributed by atoms with Crippen molar-refractivity contribution in [3.8, 4) is 6.07 Å². The van der Waals surface area contributed by atoms with Gasteiger partial charge in [0, 0.05) is 6.54 Å². The SMILES string of the molecule is Cc1cccc(C#N)c1NCC1CCC(O)C1. The topological polar surface area (TPSA) is 56.0 Å². The highest BCUT2D eigenvalue weighted by Crippen LogP contribution is 2.27. The molecular formula is C14H18N2O. The highest BCUT2D eigenvalue weighted by atomic mass is 16.3. The van der Waals surface area contributed by atoms with E-state index in [4.69, 9.17) is 5.26 Å². The van der Waals surface area contributed by atoms with Gasteiger partial charge in [0.15, 0.2) is 0 Å². The molecule has 2 unspecified atom stereocenters. The summed E-state index contributed by atoms with van der Waals surface area (Å²) in [6, 6.07) is 7.95. The molecule has 0 spiro atoms. The average Bonchev–Trinajstić information content (AvgIpc) is 2.73. The molecule has 0 saturated heterocycles. The monoisotopic (exact) mass is 230 g/mol. The summed E-state index contributed by atoms with van der Waals surface area (Å²) in [6.07, 6.45) is 2.72. The average molecular weight is 230 g/mol. The smallest absolute Gasteiger partial charge is 0.101 e. The molecule has 1 saturated carbocycles. The fourth-order valence-electron chi connectivity index (χ4n) is 2.48. The number of aliphatic hydroxyl groups excluding tert-OH is 1. The Morgan fingerprint density at radius 2 is 2.29 bits per heavy atom.